The van der Waals surface area contributed by atoms with Crippen LogP contribution in [0.15, 0.2) is 174 Å². The third kappa shape index (κ3) is 4.86. The number of benzene rings is 7. The SMILES string of the molecule is c1ccc(-c2cccc(-c3nc(-c4cccc(-c5cccc(-c6cccc7ccccc67)c5)c4)nc4c3oc3ccccc34)c2)cc1. The van der Waals surface area contributed by atoms with Gasteiger partial charge in [-0.25, -0.2) is 9.97 Å². The van der Waals surface area contributed by atoms with Crippen LogP contribution in [0.5, 0.6) is 0 Å². The van der Waals surface area contributed by atoms with Gasteiger partial charge in [-0.3, -0.25) is 0 Å². The van der Waals surface area contributed by atoms with Gasteiger partial charge in [-0.05, 0) is 74.5 Å². The predicted molar refractivity (Wildman–Crippen MR) is 194 cm³/mol. The number of nitrogens with zero attached hydrogens (tertiary/aromatic N) is 2. The number of fused-ring (bicyclic) bond motifs is 4. The van der Waals surface area contributed by atoms with Crippen molar-refractivity contribution < 1.29 is 4.42 Å². The van der Waals surface area contributed by atoms with E-state index in [1.54, 1.807) is 0 Å². The van der Waals surface area contributed by atoms with Crippen molar-refractivity contribution in [3.8, 4) is 56.0 Å². The Morgan fingerprint density at radius 2 is 0.936 bits per heavy atom. The van der Waals surface area contributed by atoms with Crippen molar-refractivity contribution in [1.29, 1.82) is 0 Å². The van der Waals surface area contributed by atoms with Crippen LogP contribution < -0.4 is 0 Å². The lowest BCUT2D eigenvalue weighted by atomic mass is 9.95. The second kappa shape index (κ2) is 11.2. The summed E-state index contributed by atoms with van der Waals surface area (Å²) in [5, 5.41) is 3.46. The largest absolute Gasteiger partial charge is 0.452 e. The van der Waals surface area contributed by atoms with Crippen LogP contribution in [0.4, 0.5) is 0 Å². The smallest absolute Gasteiger partial charge is 0.180 e. The first-order valence-corrected chi connectivity index (χ1v) is 15.8. The van der Waals surface area contributed by atoms with Crippen LogP contribution in [0, 0.1) is 0 Å². The molecule has 220 valence electrons. The van der Waals surface area contributed by atoms with Gasteiger partial charge in [0.15, 0.2) is 11.4 Å². The summed E-state index contributed by atoms with van der Waals surface area (Å²) in [5.41, 5.74) is 12.0. The van der Waals surface area contributed by atoms with Crippen LogP contribution in [0.3, 0.4) is 0 Å². The van der Waals surface area contributed by atoms with E-state index in [2.05, 4.69) is 146 Å². The highest BCUT2D eigenvalue weighted by Gasteiger charge is 2.19. The molecular formula is C44H28N2O. The van der Waals surface area contributed by atoms with Gasteiger partial charge in [0.25, 0.3) is 0 Å². The summed E-state index contributed by atoms with van der Waals surface area (Å²) in [5.74, 6) is 0.663. The van der Waals surface area contributed by atoms with Crippen LogP contribution in [0.25, 0.3) is 88.9 Å². The van der Waals surface area contributed by atoms with E-state index in [9.17, 15) is 0 Å². The molecule has 0 saturated carbocycles. The summed E-state index contributed by atoms with van der Waals surface area (Å²) in [6.07, 6.45) is 0. The molecule has 3 nitrogen and oxygen atoms in total. The Labute approximate surface area is 272 Å². The van der Waals surface area contributed by atoms with Gasteiger partial charge >= 0.3 is 0 Å². The van der Waals surface area contributed by atoms with Gasteiger partial charge in [0.05, 0.1) is 0 Å². The molecule has 3 heteroatoms. The summed E-state index contributed by atoms with van der Waals surface area (Å²) < 4.78 is 6.43. The minimum absolute atomic E-state index is 0.663. The standard InChI is InChI=1S/C44H28N2O/c1-2-12-29(13-3-1)31-16-9-20-35(27-31)41-43-42(39-23-6-7-25-40(39)47-43)46-44(45-41)36-21-10-18-33(28-36)32-17-8-19-34(26-32)38-24-11-15-30-14-4-5-22-37(30)38/h1-28H. The van der Waals surface area contributed by atoms with Crippen LogP contribution >= 0.6 is 0 Å². The molecule has 0 aliphatic rings. The molecule has 0 saturated heterocycles. The number of para-hydroxylation sites is 1. The molecule has 9 aromatic rings. The first-order chi connectivity index (χ1) is 23.3. The lowest BCUT2D eigenvalue weighted by molar-refractivity contribution is 0.667. The van der Waals surface area contributed by atoms with Gasteiger partial charge in [0.2, 0.25) is 0 Å². The fourth-order valence-corrected chi connectivity index (χ4v) is 6.57. The van der Waals surface area contributed by atoms with Gasteiger partial charge in [0.1, 0.15) is 16.8 Å². The monoisotopic (exact) mass is 600 g/mol. The fourth-order valence-electron chi connectivity index (χ4n) is 6.57. The Balaban J connectivity index is 1.19. The molecule has 0 radical (unpaired) electrons. The molecule has 2 aromatic heterocycles. The van der Waals surface area contributed by atoms with E-state index in [4.69, 9.17) is 14.4 Å². The maximum absolute atomic E-state index is 6.43. The van der Waals surface area contributed by atoms with Crippen LogP contribution in [-0.2, 0) is 0 Å². The maximum atomic E-state index is 6.43. The quantitative estimate of drug-likeness (QED) is 0.197. The Kier molecular flexibility index (Phi) is 6.46. The molecule has 0 aliphatic carbocycles. The highest BCUT2D eigenvalue weighted by molar-refractivity contribution is 6.07. The molecule has 9 rings (SSSR count). The molecule has 0 aliphatic heterocycles. The predicted octanol–water partition coefficient (Wildman–Crippen LogP) is 11.9. The molecule has 7 aromatic carbocycles. The molecule has 47 heavy (non-hydrogen) atoms. The van der Waals surface area contributed by atoms with E-state index < -0.39 is 0 Å². The van der Waals surface area contributed by atoms with Crippen LogP contribution in [0.2, 0.25) is 0 Å². The first kappa shape index (κ1) is 27.0. The summed E-state index contributed by atoms with van der Waals surface area (Å²) in [7, 11) is 0. The van der Waals surface area contributed by atoms with E-state index in [1.807, 2.05) is 24.3 Å². The number of rotatable bonds is 5. The normalized spacial score (nSPS) is 11.4. The third-order valence-electron chi connectivity index (χ3n) is 8.88. The van der Waals surface area contributed by atoms with Crippen molar-refractivity contribution in [2.75, 3.05) is 0 Å². The van der Waals surface area contributed by atoms with Crippen molar-refractivity contribution >= 4 is 32.8 Å². The molecule has 0 unspecified atom stereocenters. The Morgan fingerprint density at radius 1 is 0.383 bits per heavy atom. The van der Waals surface area contributed by atoms with E-state index >= 15 is 0 Å². The summed E-state index contributed by atoms with van der Waals surface area (Å²) >= 11 is 0. The van der Waals surface area contributed by atoms with Gasteiger partial charge in [0, 0.05) is 16.5 Å². The number of hydrogen-bond donors (Lipinski definition) is 0. The average Bonchev–Trinajstić information content (AvgIpc) is 3.53. The second-order valence-corrected chi connectivity index (χ2v) is 11.8. The topological polar surface area (TPSA) is 38.9 Å². The minimum atomic E-state index is 0.663. The average molecular weight is 601 g/mol. The molecule has 0 fully saturated rings. The van der Waals surface area contributed by atoms with Crippen molar-refractivity contribution in [2.24, 2.45) is 0 Å². The highest BCUT2D eigenvalue weighted by atomic mass is 16.3. The lowest BCUT2D eigenvalue weighted by Gasteiger charge is -2.11. The first-order valence-electron chi connectivity index (χ1n) is 15.8. The number of furan rings is 1. The lowest BCUT2D eigenvalue weighted by Crippen LogP contribution is -1.94. The number of hydrogen-bond acceptors (Lipinski definition) is 3. The van der Waals surface area contributed by atoms with Crippen molar-refractivity contribution in [2.45, 2.75) is 0 Å². The van der Waals surface area contributed by atoms with Crippen molar-refractivity contribution in [3.05, 3.63) is 170 Å². The highest BCUT2D eigenvalue weighted by Crippen LogP contribution is 2.38. The van der Waals surface area contributed by atoms with E-state index in [0.29, 0.717) is 11.4 Å². The van der Waals surface area contributed by atoms with Gasteiger partial charge in [-0.2, -0.15) is 0 Å². The minimum Gasteiger partial charge on any atom is -0.452 e. The Hall–Kier alpha value is -6.32. The van der Waals surface area contributed by atoms with Crippen molar-refractivity contribution in [1.82, 2.24) is 9.97 Å². The van der Waals surface area contributed by atoms with Gasteiger partial charge < -0.3 is 4.42 Å². The van der Waals surface area contributed by atoms with E-state index in [1.165, 1.54) is 21.9 Å². The molecule has 0 amide bonds. The fraction of sp³-hybridized carbons (Fsp3) is 0. The summed E-state index contributed by atoms with van der Waals surface area (Å²) in [6, 6.07) is 59.3. The Morgan fingerprint density at radius 3 is 1.77 bits per heavy atom. The zero-order chi connectivity index (χ0) is 31.2. The van der Waals surface area contributed by atoms with E-state index in [0.717, 1.165) is 55.6 Å². The molecule has 0 spiro atoms. The van der Waals surface area contributed by atoms with Gasteiger partial charge in [-0.15, -0.1) is 0 Å². The zero-order valence-electron chi connectivity index (χ0n) is 25.5. The van der Waals surface area contributed by atoms with E-state index in [-0.39, 0.29) is 0 Å². The zero-order valence-corrected chi connectivity index (χ0v) is 25.5. The molecule has 0 bridgehead atoms. The maximum Gasteiger partial charge on any atom is 0.180 e. The molecule has 2 heterocycles. The van der Waals surface area contributed by atoms with Crippen LogP contribution in [0.1, 0.15) is 0 Å². The molecule has 0 atom stereocenters. The number of aromatic nitrogens is 2. The third-order valence-corrected chi connectivity index (χ3v) is 8.88. The Bertz CT molecular complexity index is 2580. The van der Waals surface area contributed by atoms with Crippen molar-refractivity contribution in [3.63, 3.8) is 0 Å². The molecular weight excluding hydrogens is 572 g/mol. The second-order valence-electron chi connectivity index (χ2n) is 11.8. The summed E-state index contributed by atoms with van der Waals surface area (Å²) in [6.45, 7) is 0. The summed E-state index contributed by atoms with van der Waals surface area (Å²) in [4.78, 5) is 10.3. The van der Waals surface area contributed by atoms with Gasteiger partial charge in [-0.1, -0.05) is 140 Å². The molecule has 0 N–H and O–H groups in total. The van der Waals surface area contributed by atoms with Crippen LogP contribution in [-0.4, -0.2) is 9.97 Å².